The third-order valence-corrected chi connectivity index (χ3v) is 5.28. The molecule has 128 valence electrons. The molecule has 0 spiro atoms. The Balaban J connectivity index is 1.58. The summed E-state index contributed by atoms with van der Waals surface area (Å²) < 4.78 is 5.30. The van der Waals surface area contributed by atoms with E-state index in [2.05, 4.69) is 44.8 Å². The lowest BCUT2D eigenvalue weighted by Crippen LogP contribution is -2.43. The quantitative estimate of drug-likeness (QED) is 0.864. The number of rotatable bonds is 3. The van der Waals surface area contributed by atoms with E-state index >= 15 is 0 Å². The van der Waals surface area contributed by atoms with Crippen LogP contribution in [0.25, 0.3) is 11.5 Å². The number of aromatic nitrogens is 3. The second-order valence-corrected chi connectivity index (χ2v) is 7.21. The van der Waals surface area contributed by atoms with Gasteiger partial charge in [-0.05, 0) is 52.2 Å². The maximum atomic E-state index is 5.30. The highest BCUT2D eigenvalue weighted by atomic mass is 16.5. The minimum atomic E-state index is 0.566. The fraction of sp³-hybridized carbons (Fsp3) is 0.611. The van der Waals surface area contributed by atoms with Crippen LogP contribution >= 0.6 is 0 Å². The molecule has 0 aliphatic carbocycles. The van der Waals surface area contributed by atoms with Crippen LogP contribution in [0.1, 0.15) is 38.9 Å². The zero-order valence-electron chi connectivity index (χ0n) is 14.6. The molecule has 0 radical (unpaired) electrons. The Bertz CT molecular complexity index is 713. The van der Waals surface area contributed by atoms with Crippen molar-refractivity contribution >= 4 is 5.82 Å². The summed E-state index contributed by atoms with van der Waals surface area (Å²) in [6.45, 7) is 8.58. The Labute approximate surface area is 142 Å². The van der Waals surface area contributed by atoms with Gasteiger partial charge in [0.05, 0.1) is 0 Å². The predicted octanol–water partition coefficient (Wildman–Crippen LogP) is 2.89. The standard InChI is InChI=1S/C18H25N5O/c1-12(2)23-15-4-5-16(23)11-22(9-7-15)17-10-14(6-8-19-17)18-20-13(3)21-24-18/h6,8,10,12,15-16H,4-5,7,9,11H2,1-3H3. The molecule has 4 heterocycles. The van der Waals surface area contributed by atoms with E-state index in [4.69, 9.17) is 4.52 Å². The summed E-state index contributed by atoms with van der Waals surface area (Å²) in [6, 6.07) is 5.98. The van der Waals surface area contributed by atoms with Gasteiger partial charge < -0.3 is 9.42 Å². The smallest absolute Gasteiger partial charge is 0.258 e. The molecule has 2 bridgehead atoms. The van der Waals surface area contributed by atoms with Crippen molar-refractivity contribution in [1.82, 2.24) is 20.0 Å². The largest absolute Gasteiger partial charge is 0.355 e. The average Bonchev–Trinajstić information content (AvgIpc) is 3.10. The molecule has 4 rings (SSSR count). The molecule has 2 atom stereocenters. The molecule has 0 aromatic carbocycles. The van der Waals surface area contributed by atoms with Crippen molar-refractivity contribution in [3.63, 3.8) is 0 Å². The SMILES string of the molecule is Cc1noc(-c2ccnc(N3CCC4CCC(C3)N4C(C)C)c2)n1. The topological polar surface area (TPSA) is 58.3 Å². The fourth-order valence-electron chi connectivity index (χ4n) is 4.30. The summed E-state index contributed by atoms with van der Waals surface area (Å²) in [5, 5.41) is 3.88. The van der Waals surface area contributed by atoms with Gasteiger partial charge in [-0.3, -0.25) is 4.90 Å². The molecule has 24 heavy (non-hydrogen) atoms. The molecule has 2 aromatic heterocycles. The summed E-state index contributed by atoms with van der Waals surface area (Å²) in [4.78, 5) is 14.1. The van der Waals surface area contributed by atoms with E-state index in [0.29, 0.717) is 23.8 Å². The molecular formula is C18H25N5O. The monoisotopic (exact) mass is 327 g/mol. The van der Waals surface area contributed by atoms with E-state index in [-0.39, 0.29) is 0 Å². The van der Waals surface area contributed by atoms with E-state index in [1.165, 1.54) is 19.3 Å². The first-order valence-electron chi connectivity index (χ1n) is 8.91. The van der Waals surface area contributed by atoms with Crippen LogP contribution in [-0.4, -0.2) is 51.2 Å². The van der Waals surface area contributed by atoms with Crippen molar-refractivity contribution in [2.75, 3.05) is 18.0 Å². The van der Waals surface area contributed by atoms with Gasteiger partial charge in [-0.2, -0.15) is 4.98 Å². The highest BCUT2D eigenvalue weighted by Gasteiger charge is 2.38. The van der Waals surface area contributed by atoms with Crippen LogP contribution in [0.5, 0.6) is 0 Å². The molecule has 2 unspecified atom stereocenters. The van der Waals surface area contributed by atoms with Crippen LogP contribution in [0.4, 0.5) is 5.82 Å². The Morgan fingerprint density at radius 2 is 2.04 bits per heavy atom. The number of hydrogen-bond acceptors (Lipinski definition) is 6. The van der Waals surface area contributed by atoms with Gasteiger partial charge in [-0.1, -0.05) is 5.16 Å². The summed E-state index contributed by atoms with van der Waals surface area (Å²) in [7, 11) is 0. The molecule has 2 saturated heterocycles. The highest BCUT2D eigenvalue weighted by molar-refractivity contribution is 5.58. The van der Waals surface area contributed by atoms with Gasteiger partial charge in [0.2, 0.25) is 0 Å². The van der Waals surface area contributed by atoms with Crippen molar-refractivity contribution in [3.05, 3.63) is 24.2 Å². The molecule has 0 saturated carbocycles. The number of hydrogen-bond donors (Lipinski definition) is 0. The predicted molar refractivity (Wildman–Crippen MR) is 92.9 cm³/mol. The molecule has 2 fully saturated rings. The van der Waals surface area contributed by atoms with Gasteiger partial charge >= 0.3 is 0 Å². The molecule has 0 amide bonds. The molecule has 0 N–H and O–H groups in total. The minimum Gasteiger partial charge on any atom is -0.355 e. The van der Waals surface area contributed by atoms with Crippen LogP contribution in [0.3, 0.4) is 0 Å². The van der Waals surface area contributed by atoms with Crippen LogP contribution in [-0.2, 0) is 0 Å². The number of pyridine rings is 1. The Morgan fingerprint density at radius 3 is 2.79 bits per heavy atom. The zero-order chi connectivity index (χ0) is 16.7. The number of aryl methyl sites for hydroxylation is 1. The Kier molecular flexibility index (Phi) is 4.00. The second-order valence-electron chi connectivity index (χ2n) is 7.21. The van der Waals surface area contributed by atoms with Crippen molar-refractivity contribution in [2.24, 2.45) is 0 Å². The number of fused-ring (bicyclic) bond motifs is 2. The Morgan fingerprint density at radius 1 is 1.21 bits per heavy atom. The average molecular weight is 327 g/mol. The van der Waals surface area contributed by atoms with Crippen molar-refractivity contribution < 1.29 is 4.52 Å². The third kappa shape index (κ3) is 2.79. The lowest BCUT2D eigenvalue weighted by atomic mass is 10.1. The lowest BCUT2D eigenvalue weighted by molar-refractivity contribution is 0.158. The maximum absolute atomic E-state index is 5.30. The van der Waals surface area contributed by atoms with E-state index in [1.54, 1.807) is 0 Å². The maximum Gasteiger partial charge on any atom is 0.258 e. The first-order valence-corrected chi connectivity index (χ1v) is 8.91. The van der Waals surface area contributed by atoms with Gasteiger partial charge in [-0.25, -0.2) is 4.98 Å². The van der Waals surface area contributed by atoms with Crippen LogP contribution in [0.15, 0.2) is 22.9 Å². The summed E-state index contributed by atoms with van der Waals surface area (Å²) in [5.41, 5.74) is 0.940. The van der Waals surface area contributed by atoms with E-state index in [0.717, 1.165) is 30.5 Å². The summed E-state index contributed by atoms with van der Waals surface area (Å²) in [6.07, 6.45) is 5.68. The molecule has 2 aromatic rings. The van der Waals surface area contributed by atoms with Crippen molar-refractivity contribution in [1.29, 1.82) is 0 Å². The molecule has 6 heteroatoms. The van der Waals surface area contributed by atoms with Gasteiger partial charge in [0.1, 0.15) is 5.82 Å². The van der Waals surface area contributed by atoms with E-state index in [9.17, 15) is 0 Å². The first-order chi connectivity index (χ1) is 11.6. The fourth-order valence-corrected chi connectivity index (χ4v) is 4.30. The van der Waals surface area contributed by atoms with Crippen molar-refractivity contribution in [2.45, 2.75) is 58.2 Å². The molecule has 6 nitrogen and oxygen atoms in total. The van der Waals surface area contributed by atoms with E-state index in [1.807, 2.05) is 19.2 Å². The van der Waals surface area contributed by atoms with Gasteiger partial charge in [0, 0.05) is 43.0 Å². The Hall–Kier alpha value is -1.95. The third-order valence-electron chi connectivity index (χ3n) is 5.28. The van der Waals surface area contributed by atoms with Crippen LogP contribution in [0.2, 0.25) is 0 Å². The van der Waals surface area contributed by atoms with Crippen LogP contribution in [0, 0.1) is 6.92 Å². The van der Waals surface area contributed by atoms with Gasteiger partial charge in [0.25, 0.3) is 5.89 Å². The molecular weight excluding hydrogens is 302 g/mol. The first kappa shape index (κ1) is 15.6. The number of anilines is 1. The molecule has 2 aliphatic heterocycles. The van der Waals surface area contributed by atoms with Gasteiger partial charge in [-0.15, -0.1) is 0 Å². The molecule has 2 aliphatic rings. The second kappa shape index (κ2) is 6.16. The highest BCUT2D eigenvalue weighted by Crippen LogP contribution is 2.33. The van der Waals surface area contributed by atoms with E-state index < -0.39 is 0 Å². The number of nitrogens with zero attached hydrogens (tertiary/aromatic N) is 5. The van der Waals surface area contributed by atoms with Crippen LogP contribution < -0.4 is 4.90 Å². The summed E-state index contributed by atoms with van der Waals surface area (Å²) >= 11 is 0. The van der Waals surface area contributed by atoms with Crippen molar-refractivity contribution in [3.8, 4) is 11.5 Å². The van der Waals surface area contributed by atoms with Gasteiger partial charge in [0.15, 0.2) is 5.82 Å². The minimum absolute atomic E-state index is 0.566. The normalized spacial score (nSPS) is 24.6. The zero-order valence-corrected chi connectivity index (χ0v) is 14.6. The summed E-state index contributed by atoms with van der Waals surface area (Å²) in [5.74, 6) is 2.24. The lowest BCUT2D eigenvalue weighted by Gasteiger charge is -2.32.